The number of hydrogen-bond donors (Lipinski definition) is 2. The van der Waals surface area contributed by atoms with Crippen molar-refractivity contribution in [3.05, 3.63) is 70.6 Å². The van der Waals surface area contributed by atoms with Crippen LogP contribution in [0.15, 0.2) is 53.8 Å². The van der Waals surface area contributed by atoms with Crippen molar-refractivity contribution in [2.24, 2.45) is 0 Å². The van der Waals surface area contributed by atoms with Crippen LogP contribution in [0.3, 0.4) is 0 Å². The zero-order valence-electron chi connectivity index (χ0n) is 17.5. The van der Waals surface area contributed by atoms with Crippen LogP contribution in [0, 0.1) is 6.92 Å². The van der Waals surface area contributed by atoms with Gasteiger partial charge in [-0.15, -0.1) is 0 Å². The van der Waals surface area contributed by atoms with Crippen LogP contribution in [0.25, 0.3) is 5.69 Å². The van der Waals surface area contributed by atoms with Crippen molar-refractivity contribution in [2.75, 3.05) is 7.05 Å². The third-order valence-corrected chi connectivity index (χ3v) is 6.48. The molecular formula is C21H24ClN5O3S. The normalized spacial score (nSPS) is 12.5. The van der Waals surface area contributed by atoms with Gasteiger partial charge in [0.2, 0.25) is 0 Å². The summed E-state index contributed by atoms with van der Waals surface area (Å²) in [6, 6.07) is 9.99. The van der Waals surface area contributed by atoms with Crippen LogP contribution in [0.1, 0.15) is 47.4 Å². The second-order valence-electron chi connectivity index (χ2n) is 6.98. The fourth-order valence-corrected chi connectivity index (χ4v) is 4.04. The number of sulfonamides is 1. The lowest BCUT2D eigenvalue weighted by Gasteiger charge is -2.19. The molecule has 3 rings (SSSR count). The molecular weight excluding hydrogens is 438 g/mol. The van der Waals surface area contributed by atoms with Crippen LogP contribution >= 0.6 is 11.6 Å². The molecule has 0 unspecified atom stereocenters. The highest BCUT2D eigenvalue weighted by molar-refractivity contribution is 7.89. The molecule has 0 saturated heterocycles. The summed E-state index contributed by atoms with van der Waals surface area (Å²) in [6.45, 7) is 3.81. The molecule has 0 saturated carbocycles. The summed E-state index contributed by atoms with van der Waals surface area (Å²) in [6.07, 6.45) is 4.38. The van der Waals surface area contributed by atoms with Gasteiger partial charge in [-0.25, -0.2) is 22.8 Å². The lowest BCUT2D eigenvalue weighted by atomic mass is 10.0. The van der Waals surface area contributed by atoms with E-state index in [1.165, 1.54) is 25.5 Å². The van der Waals surface area contributed by atoms with Gasteiger partial charge in [-0.3, -0.25) is 4.79 Å². The molecule has 0 radical (unpaired) electrons. The summed E-state index contributed by atoms with van der Waals surface area (Å²) in [5, 5.41) is 7.87. The van der Waals surface area contributed by atoms with E-state index in [0.717, 1.165) is 12.1 Å². The van der Waals surface area contributed by atoms with Gasteiger partial charge in [0.05, 0.1) is 29.2 Å². The van der Waals surface area contributed by atoms with Crippen LogP contribution in [-0.2, 0) is 10.0 Å². The fraction of sp³-hybridized carbons (Fsp3) is 0.286. The first-order valence-corrected chi connectivity index (χ1v) is 11.6. The molecule has 1 atom stereocenters. The van der Waals surface area contributed by atoms with Crippen LogP contribution in [0.2, 0.25) is 5.02 Å². The highest BCUT2D eigenvalue weighted by atomic mass is 35.5. The molecule has 1 aromatic carbocycles. The number of hydrogen-bond acceptors (Lipinski definition) is 5. The minimum absolute atomic E-state index is 0.0883. The zero-order chi connectivity index (χ0) is 22.6. The van der Waals surface area contributed by atoms with Gasteiger partial charge in [-0.1, -0.05) is 24.9 Å². The van der Waals surface area contributed by atoms with Crippen molar-refractivity contribution in [1.82, 2.24) is 24.8 Å². The number of nitrogens with zero attached hydrogens (tertiary/aromatic N) is 3. The summed E-state index contributed by atoms with van der Waals surface area (Å²) in [7, 11) is -2.35. The number of carbonyl (C=O) groups is 1. The maximum atomic E-state index is 13.0. The minimum atomic E-state index is -3.68. The monoisotopic (exact) mass is 461 g/mol. The first-order valence-electron chi connectivity index (χ1n) is 9.77. The highest BCUT2D eigenvalue weighted by Crippen LogP contribution is 2.22. The van der Waals surface area contributed by atoms with E-state index in [-0.39, 0.29) is 17.0 Å². The average molecular weight is 462 g/mol. The van der Waals surface area contributed by atoms with E-state index < -0.39 is 10.0 Å². The summed E-state index contributed by atoms with van der Waals surface area (Å²) in [5.74, 6) is -0.286. The fourth-order valence-electron chi connectivity index (χ4n) is 3.21. The predicted octanol–water partition coefficient (Wildman–Crippen LogP) is 3.41. The topological polar surface area (TPSA) is 106 Å². The smallest absolute Gasteiger partial charge is 0.257 e. The molecule has 0 spiro atoms. The lowest BCUT2D eigenvalue weighted by Crippen LogP contribution is -2.29. The quantitative estimate of drug-likeness (QED) is 0.534. The standard InChI is InChI=1S/C21H24ClN5O3S/c1-4-5-19(15-10-11-24-20(12-15)31(29,30)23-3)26-21(28)18-13-25-27(14(18)2)17-8-6-16(22)7-9-17/h6-13,19,23H,4-5H2,1-3H3,(H,26,28)/t19-/m0/s1. The Morgan fingerprint density at radius 2 is 1.94 bits per heavy atom. The molecule has 164 valence electrons. The highest BCUT2D eigenvalue weighted by Gasteiger charge is 2.21. The molecule has 1 amide bonds. The number of aromatic nitrogens is 3. The van der Waals surface area contributed by atoms with E-state index in [9.17, 15) is 13.2 Å². The van der Waals surface area contributed by atoms with E-state index in [2.05, 4.69) is 20.1 Å². The zero-order valence-corrected chi connectivity index (χ0v) is 19.0. The molecule has 10 heteroatoms. The Balaban J connectivity index is 1.87. The van der Waals surface area contributed by atoms with E-state index in [1.807, 2.05) is 26.0 Å². The second kappa shape index (κ2) is 9.59. The summed E-state index contributed by atoms with van der Waals surface area (Å²) < 4.78 is 28.1. The molecule has 31 heavy (non-hydrogen) atoms. The molecule has 0 aliphatic carbocycles. The number of pyridine rings is 1. The van der Waals surface area contributed by atoms with Gasteiger partial charge in [-0.05, 0) is 62.4 Å². The molecule has 0 fully saturated rings. The Kier molecular flexibility index (Phi) is 7.09. The minimum Gasteiger partial charge on any atom is -0.345 e. The Bertz CT molecular complexity index is 1180. The number of carbonyl (C=O) groups excluding carboxylic acids is 1. The van der Waals surface area contributed by atoms with Gasteiger partial charge in [-0.2, -0.15) is 5.10 Å². The molecule has 0 aliphatic heterocycles. The number of rotatable bonds is 8. The molecule has 0 aliphatic rings. The SMILES string of the molecule is CCC[C@H](NC(=O)c1cnn(-c2ccc(Cl)cc2)c1C)c1ccnc(S(=O)(=O)NC)c1. The number of amides is 1. The van der Waals surface area contributed by atoms with E-state index >= 15 is 0 Å². The molecule has 3 aromatic rings. The van der Waals surface area contributed by atoms with Crippen molar-refractivity contribution in [3.63, 3.8) is 0 Å². The van der Waals surface area contributed by atoms with E-state index in [4.69, 9.17) is 11.6 Å². The van der Waals surface area contributed by atoms with E-state index in [1.54, 1.807) is 22.9 Å². The molecule has 2 heterocycles. The molecule has 2 N–H and O–H groups in total. The van der Waals surface area contributed by atoms with Gasteiger partial charge in [0.1, 0.15) is 0 Å². The first-order chi connectivity index (χ1) is 14.8. The van der Waals surface area contributed by atoms with Gasteiger partial charge in [0, 0.05) is 11.2 Å². The van der Waals surface area contributed by atoms with Gasteiger partial charge in [0.15, 0.2) is 5.03 Å². The van der Waals surface area contributed by atoms with Crippen LogP contribution in [0.4, 0.5) is 0 Å². The third-order valence-electron chi connectivity index (χ3n) is 4.91. The van der Waals surface area contributed by atoms with E-state index in [0.29, 0.717) is 28.3 Å². The van der Waals surface area contributed by atoms with Crippen molar-refractivity contribution < 1.29 is 13.2 Å². The van der Waals surface area contributed by atoms with Crippen LogP contribution in [0.5, 0.6) is 0 Å². The van der Waals surface area contributed by atoms with Crippen molar-refractivity contribution in [2.45, 2.75) is 37.8 Å². The van der Waals surface area contributed by atoms with Gasteiger partial charge < -0.3 is 5.32 Å². The van der Waals surface area contributed by atoms with Crippen molar-refractivity contribution in [1.29, 1.82) is 0 Å². The maximum Gasteiger partial charge on any atom is 0.257 e. The van der Waals surface area contributed by atoms with Crippen molar-refractivity contribution in [3.8, 4) is 5.69 Å². The first kappa shape index (κ1) is 22.9. The third kappa shape index (κ3) is 5.12. The molecule has 0 bridgehead atoms. The Labute approximate surface area is 186 Å². The maximum absolute atomic E-state index is 13.0. The largest absolute Gasteiger partial charge is 0.345 e. The lowest BCUT2D eigenvalue weighted by molar-refractivity contribution is 0.0933. The number of nitrogens with one attached hydrogen (secondary N) is 2. The van der Waals surface area contributed by atoms with Crippen molar-refractivity contribution >= 4 is 27.5 Å². The Morgan fingerprint density at radius 1 is 1.23 bits per heavy atom. The molecule has 2 aromatic heterocycles. The summed E-state index contributed by atoms with van der Waals surface area (Å²) in [4.78, 5) is 17.0. The summed E-state index contributed by atoms with van der Waals surface area (Å²) >= 11 is 5.95. The number of benzene rings is 1. The number of halogens is 1. The predicted molar refractivity (Wildman–Crippen MR) is 119 cm³/mol. The summed E-state index contributed by atoms with van der Waals surface area (Å²) in [5.41, 5.74) is 2.58. The Morgan fingerprint density at radius 3 is 2.58 bits per heavy atom. The second-order valence-corrected chi connectivity index (χ2v) is 9.25. The van der Waals surface area contributed by atoms with Crippen LogP contribution < -0.4 is 10.0 Å². The van der Waals surface area contributed by atoms with Gasteiger partial charge in [0.25, 0.3) is 15.9 Å². The van der Waals surface area contributed by atoms with Crippen LogP contribution in [-0.4, -0.2) is 36.1 Å². The Hall–Kier alpha value is -2.75. The van der Waals surface area contributed by atoms with Gasteiger partial charge >= 0.3 is 0 Å². The molecule has 8 nitrogen and oxygen atoms in total. The average Bonchev–Trinajstić information content (AvgIpc) is 3.15.